The topological polar surface area (TPSA) is 62.5 Å². The molecule has 0 atom stereocenters. The van der Waals surface area contributed by atoms with Crippen LogP contribution in [-0.4, -0.2) is 24.0 Å². The van der Waals surface area contributed by atoms with Crippen molar-refractivity contribution in [1.82, 2.24) is 15.6 Å². The van der Waals surface area contributed by atoms with Crippen LogP contribution in [-0.2, 0) is 6.54 Å². The molecule has 1 aromatic heterocycles. The summed E-state index contributed by atoms with van der Waals surface area (Å²) >= 11 is 0. The highest BCUT2D eigenvalue weighted by atomic mass is 16.4. The third kappa shape index (κ3) is 2.25. The van der Waals surface area contributed by atoms with Crippen molar-refractivity contribution in [2.45, 2.75) is 19.9 Å². The summed E-state index contributed by atoms with van der Waals surface area (Å²) < 4.78 is 5.32. The fourth-order valence-electron chi connectivity index (χ4n) is 1.29. The Morgan fingerprint density at radius 2 is 2.57 bits per heavy atom. The van der Waals surface area contributed by atoms with E-state index in [2.05, 4.69) is 20.6 Å². The van der Waals surface area contributed by atoms with Crippen molar-refractivity contribution in [2.75, 3.05) is 13.1 Å². The first kappa shape index (κ1) is 9.05. The summed E-state index contributed by atoms with van der Waals surface area (Å²) in [5, 5.41) is 6.30. The Morgan fingerprint density at radius 1 is 1.64 bits per heavy atom. The third-order valence-electron chi connectivity index (χ3n) is 1.97. The molecule has 2 heterocycles. The monoisotopic (exact) mass is 194 g/mol. The minimum atomic E-state index is 0.583. The van der Waals surface area contributed by atoms with Gasteiger partial charge < -0.3 is 15.1 Å². The smallest absolute Gasteiger partial charge is 0.213 e. The molecule has 2 rings (SSSR count). The van der Waals surface area contributed by atoms with Gasteiger partial charge in [0, 0.05) is 13.1 Å². The van der Waals surface area contributed by atoms with Crippen LogP contribution < -0.4 is 10.6 Å². The third-order valence-corrected chi connectivity index (χ3v) is 1.97. The number of hydrogen-bond donors (Lipinski definition) is 2. The van der Waals surface area contributed by atoms with Crippen LogP contribution in [0.15, 0.2) is 15.6 Å². The number of nitrogens with zero attached hydrogens (tertiary/aromatic N) is 2. The van der Waals surface area contributed by atoms with Gasteiger partial charge in [0.15, 0.2) is 5.96 Å². The van der Waals surface area contributed by atoms with Crippen LogP contribution in [0.4, 0.5) is 0 Å². The Hall–Kier alpha value is -1.52. The van der Waals surface area contributed by atoms with Gasteiger partial charge >= 0.3 is 0 Å². The molecule has 0 fully saturated rings. The lowest BCUT2D eigenvalue weighted by atomic mass is 10.4. The highest BCUT2D eigenvalue weighted by Gasteiger charge is 2.05. The van der Waals surface area contributed by atoms with Gasteiger partial charge in [-0.3, -0.25) is 4.99 Å². The van der Waals surface area contributed by atoms with Crippen molar-refractivity contribution in [3.63, 3.8) is 0 Å². The molecule has 1 aromatic rings. The van der Waals surface area contributed by atoms with Crippen LogP contribution in [0, 0.1) is 6.92 Å². The van der Waals surface area contributed by atoms with Crippen molar-refractivity contribution in [3.05, 3.63) is 17.8 Å². The molecule has 0 saturated carbocycles. The number of rotatable bonds is 2. The van der Waals surface area contributed by atoms with E-state index in [0.717, 1.165) is 31.2 Å². The molecule has 1 aliphatic rings. The quantitative estimate of drug-likeness (QED) is 0.716. The molecular weight excluding hydrogens is 180 g/mol. The van der Waals surface area contributed by atoms with Gasteiger partial charge in [-0.25, -0.2) is 4.98 Å². The Morgan fingerprint density at radius 3 is 3.21 bits per heavy atom. The highest BCUT2D eigenvalue weighted by molar-refractivity contribution is 5.80. The van der Waals surface area contributed by atoms with Gasteiger partial charge in [0.1, 0.15) is 5.76 Å². The maximum Gasteiger partial charge on any atom is 0.213 e. The number of guanidine groups is 1. The van der Waals surface area contributed by atoms with Crippen LogP contribution >= 0.6 is 0 Å². The molecule has 0 spiro atoms. The second kappa shape index (κ2) is 4.13. The maximum absolute atomic E-state index is 5.32. The predicted octanol–water partition coefficient (Wildman–Crippen LogP) is 0.422. The summed E-state index contributed by atoms with van der Waals surface area (Å²) in [5.41, 5.74) is 0. The predicted molar refractivity (Wildman–Crippen MR) is 53.0 cm³/mol. The fourth-order valence-corrected chi connectivity index (χ4v) is 1.29. The first-order chi connectivity index (χ1) is 6.84. The van der Waals surface area contributed by atoms with Gasteiger partial charge in [-0.05, 0) is 13.3 Å². The largest absolute Gasteiger partial charge is 0.444 e. The number of aryl methyl sites for hydroxylation is 1. The molecule has 0 unspecified atom stereocenters. The van der Waals surface area contributed by atoms with Crippen LogP contribution in [0.2, 0.25) is 0 Å². The summed E-state index contributed by atoms with van der Waals surface area (Å²) in [6.07, 6.45) is 2.82. The molecule has 76 valence electrons. The van der Waals surface area contributed by atoms with E-state index in [1.807, 2.05) is 6.92 Å². The SMILES string of the molecule is Cc1cnc(CNC2=NCCCN2)o1. The van der Waals surface area contributed by atoms with E-state index < -0.39 is 0 Å². The minimum absolute atomic E-state index is 0.583. The van der Waals surface area contributed by atoms with E-state index in [9.17, 15) is 0 Å². The van der Waals surface area contributed by atoms with Crippen molar-refractivity contribution in [2.24, 2.45) is 4.99 Å². The Kier molecular flexibility index (Phi) is 2.67. The van der Waals surface area contributed by atoms with Gasteiger partial charge in [-0.1, -0.05) is 0 Å². The Balaban J connectivity index is 1.84. The van der Waals surface area contributed by atoms with E-state index in [1.54, 1.807) is 6.20 Å². The first-order valence-electron chi connectivity index (χ1n) is 4.78. The molecule has 0 amide bonds. The van der Waals surface area contributed by atoms with Crippen LogP contribution in [0.5, 0.6) is 0 Å². The molecule has 0 saturated heterocycles. The molecule has 1 aliphatic heterocycles. The minimum Gasteiger partial charge on any atom is -0.444 e. The Labute approximate surface area is 82.6 Å². The molecule has 0 aromatic carbocycles. The van der Waals surface area contributed by atoms with Gasteiger partial charge in [-0.2, -0.15) is 0 Å². The highest BCUT2D eigenvalue weighted by Crippen LogP contribution is 2.00. The Bertz CT molecular complexity index is 331. The molecule has 2 N–H and O–H groups in total. The molecular formula is C9H14N4O. The molecule has 14 heavy (non-hydrogen) atoms. The zero-order chi connectivity index (χ0) is 9.80. The van der Waals surface area contributed by atoms with Gasteiger partial charge in [0.2, 0.25) is 5.89 Å². The zero-order valence-electron chi connectivity index (χ0n) is 8.21. The van der Waals surface area contributed by atoms with Crippen LogP contribution in [0.25, 0.3) is 0 Å². The maximum atomic E-state index is 5.32. The number of hydrogen-bond acceptors (Lipinski definition) is 5. The molecule has 0 aliphatic carbocycles. The average molecular weight is 194 g/mol. The summed E-state index contributed by atoms with van der Waals surface area (Å²) in [6, 6.07) is 0. The normalized spacial score (nSPS) is 15.9. The molecule has 0 bridgehead atoms. The van der Waals surface area contributed by atoms with Gasteiger partial charge in [-0.15, -0.1) is 0 Å². The van der Waals surface area contributed by atoms with Crippen LogP contribution in [0.3, 0.4) is 0 Å². The van der Waals surface area contributed by atoms with Crippen molar-refractivity contribution < 1.29 is 4.42 Å². The second-order valence-electron chi connectivity index (χ2n) is 3.23. The second-order valence-corrected chi connectivity index (χ2v) is 3.23. The summed E-state index contributed by atoms with van der Waals surface area (Å²) in [7, 11) is 0. The van der Waals surface area contributed by atoms with Gasteiger partial charge in [0.25, 0.3) is 0 Å². The number of aromatic nitrogens is 1. The van der Waals surface area contributed by atoms with Gasteiger partial charge in [0.05, 0.1) is 12.7 Å². The number of nitrogens with one attached hydrogen (secondary N) is 2. The number of oxazole rings is 1. The standard InChI is InChI=1S/C9H14N4O/c1-7-5-12-8(14-7)6-13-9-10-3-2-4-11-9/h5H,2-4,6H2,1H3,(H2,10,11,13). The molecule has 5 heteroatoms. The summed E-state index contributed by atoms with van der Waals surface area (Å²) in [6.45, 7) is 4.34. The number of aliphatic imine (C=N–C) groups is 1. The van der Waals surface area contributed by atoms with E-state index in [1.165, 1.54) is 0 Å². The summed E-state index contributed by atoms with van der Waals surface area (Å²) in [5.74, 6) is 2.37. The van der Waals surface area contributed by atoms with E-state index in [-0.39, 0.29) is 0 Å². The average Bonchev–Trinajstić information content (AvgIpc) is 2.63. The lowest BCUT2D eigenvalue weighted by molar-refractivity contribution is 0.463. The van der Waals surface area contributed by atoms with E-state index >= 15 is 0 Å². The lowest BCUT2D eigenvalue weighted by Crippen LogP contribution is -2.40. The van der Waals surface area contributed by atoms with E-state index in [4.69, 9.17) is 4.42 Å². The fraction of sp³-hybridized carbons (Fsp3) is 0.556. The molecule has 0 radical (unpaired) electrons. The van der Waals surface area contributed by atoms with Crippen LogP contribution in [0.1, 0.15) is 18.1 Å². The van der Waals surface area contributed by atoms with E-state index in [0.29, 0.717) is 12.4 Å². The lowest BCUT2D eigenvalue weighted by Gasteiger charge is -2.14. The zero-order valence-corrected chi connectivity index (χ0v) is 8.21. The van der Waals surface area contributed by atoms with Crippen molar-refractivity contribution >= 4 is 5.96 Å². The summed E-state index contributed by atoms with van der Waals surface area (Å²) in [4.78, 5) is 8.36. The first-order valence-corrected chi connectivity index (χ1v) is 4.78. The molecule has 5 nitrogen and oxygen atoms in total. The van der Waals surface area contributed by atoms with Crippen molar-refractivity contribution in [1.29, 1.82) is 0 Å². The van der Waals surface area contributed by atoms with Crippen molar-refractivity contribution in [3.8, 4) is 0 Å².